The van der Waals surface area contributed by atoms with Crippen LogP contribution in [0.3, 0.4) is 0 Å². The molecule has 0 spiro atoms. The summed E-state index contributed by atoms with van der Waals surface area (Å²) in [4.78, 5) is 14.5. The van der Waals surface area contributed by atoms with E-state index < -0.39 is 0 Å². The fourth-order valence-corrected chi connectivity index (χ4v) is 3.31. The van der Waals surface area contributed by atoms with Crippen molar-refractivity contribution in [2.75, 3.05) is 33.9 Å². The third kappa shape index (κ3) is 4.78. The molecule has 0 aromatic heterocycles. The van der Waals surface area contributed by atoms with Crippen LogP contribution in [0, 0.1) is 6.92 Å². The number of amides is 2. The monoisotopic (exact) mass is 350 g/mol. The first-order chi connectivity index (χ1) is 12.0. The number of rotatable bonds is 6. The summed E-state index contributed by atoms with van der Waals surface area (Å²) >= 11 is 0. The molecule has 1 saturated heterocycles. The van der Waals surface area contributed by atoms with Crippen molar-refractivity contribution in [3.63, 3.8) is 0 Å². The van der Waals surface area contributed by atoms with E-state index in [9.17, 15) is 4.79 Å². The molecular formula is C19H30N2O4. The van der Waals surface area contributed by atoms with Gasteiger partial charge in [0, 0.05) is 19.7 Å². The van der Waals surface area contributed by atoms with E-state index in [0.29, 0.717) is 24.7 Å². The van der Waals surface area contributed by atoms with Crippen LogP contribution in [-0.2, 0) is 4.74 Å². The lowest BCUT2D eigenvalue weighted by atomic mass is 10.0. The lowest BCUT2D eigenvalue weighted by Gasteiger charge is -2.33. The topological polar surface area (TPSA) is 60.0 Å². The zero-order valence-electron chi connectivity index (χ0n) is 15.9. The number of nitrogens with zero attached hydrogens (tertiary/aromatic N) is 1. The van der Waals surface area contributed by atoms with Crippen LogP contribution in [0.4, 0.5) is 4.79 Å². The Bertz CT molecular complexity index is 589. The van der Waals surface area contributed by atoms with Crippen LogP contribution in [0.2, 0.25) is 0 Å². The normalized spacial score (nSPS) is 18.6. The number of nitrogens with one attached hydrogen (secondary N) is 1. The molecule has 1 aromatic carbocycles. The molecule has 1 aromatic rings. The molecule has 1 aliphatic heterocycles. The Labute approximate surface area is 150 Å². The first kappa shape index (κ1) is 19.4. The predicted molar refractivity (Wildman–Crippen MR) is 97.5 cm³/mol. The van der Waals surface area contributed by atoms with Crippen molar-refractivity contribution in [2.45, 2.75) is 45.8 Å². The average molecular weight is 350 g/mol. The minimum absolute atomic E-state index is 0.0499. The van der Waals surface area contributed by atoms with Crippen LogP contribution >= 0.6 is 0 Å². The maximum Gasteiger partial charge on any atom is 0.317 e. The second-order valence-corrected chi connectivity index (χ2v) is 6.40. The van der Waals surface area contributed by atoms with Gasteiger partial charge in [-0.3, -0.25) is 0 Å². The van der Waals surface area contributed by atoms with E-state index in [4.69, 9.17) is 14.2 Å². The van der Waals surface area contributed by atoms with Crippen LogP contribution in [-0.4, -0.2) is 51.0 Å². The Morgan fingerprint density at radius 3 is 2.64 bits per heavy atom. The molecule has 0 bridgehead atoms. The number of hydrogen-bond acceptors (Lipinski definition) is 4. The van der Waals surface area contributed by atoms with Gasteiger partial charge in [-0.2, -0.15) is 0 Å². The lowest BCUT2D eigenvalue weighted by molar-refractivity contribution is 0.0162. The molecule has 1 heterocycles. The van der Waals surface area contributed by atoms with E-state index in [1.165, 1.54) is 0 Å². The second kappa shape index (κ2) is 8.94. The van der Waals surface area contributed by atoms with E-state index in [1.54, 1.807) is 14.2 Å². The van der Waals surface area contributed by atoms with Gasteiger partial charge >= 0.3 is 6.03 Å². The summed E-state index contributed by atoms with van der Waals surface area (Å²) in [6.07, 6.45) is 2.13. The fourth-order valence-electron chi connectivity index (χ4n) is 3.31. The number of carbonyl (C=O) groups is 1. The largest absolute Gasteiger partial charge is 0.493 e. The van der Waals surface area contributed by atoms with Gasteiger partial charge in [-0.25, -0.2) is 4.79 Å². The Kier molecular flexibility index (Phi) is 6.93. The Balaban J connectivity index is 2.06. The highest BCUT2D eigenvalue weighted by Gasteiger charge is 2.25. The second-order valence-electron chi connectivity index (χ2n) is 6.40. The number of carbonyl (C=O) groups excluding carboxylic acids is 1. The first-order valence-electron chi connectivity index (χ1n) is 8.89. The van der Waals surface area contributed by atoms with E-state index in [1.807, 2.05) is 37.8 Å². The highest BCUT2D eigenvalue weighted by atomic mass is 16.5. The molecule has 1 N–H and O–H groups in total. The van der Waals surface area contributed by atoms with E-state index in [2.05, 4.69) is 5.32 Å². The average Bonchev–Trinajstić information content (AvgIpc) is 2.61. The SMILES string of the molecule is CCOC1CCCN(C(=O)NC(C)c2cc(OC)c(OC)cc2C)C1. The molecule has 2 atom stereocenters. The van der Waals surface area contributed by atoms with Crippen molar-refractivity contribution in [2.24, 2.45) is 0 Å². The zero-order valence-corrected chi connectivity index (χ0v) is 15.9. The molecule has 6 nitrogen and oxygen atoms in total. The molecule has 1 aliphatic rings. The summed E-state index contributed by atoms with van der Waals surface area (Å²) in [6.45, 7) is 8.08. The van der Waals surface area contributed by atoms with Crippen LogP contribution in [0.25, 0.3) is 0 Å². The van der Waals surface area contributed by atoms with Crippen molar-refractivity contribution < 1.29 is 19.0 Å². The first-order valence-corrected chi connectivity index (χ1v) is 8.89. The van der Waals surface area contributed by atoms with Gasteiger partial charge in [0.1, 0.15) is 0 Å². The highest BCUT2D eigenvalue weighted by molar-refractivity contribution is 5.75. The van der Waals surface area contributed by atoms with E-state index >= 15 is 0 Å². The molecule has 25 heavy (non-hydrogen) atoms. The Morgan fingerprint density at radius 1 is 1.32 bits per heavy atom. The van der Waals surface area contributed by atoms with Crippen LogP contribution in [0.5, 0.6) is 11.5 Å². The maximum atomic E-state index is 12.6. The number of aryl methyl sites for hydroxylation is 1. The molecule has 2 rings (SSSR count). The number of likely N-dealkylation sites (tertiary alicyclic amines) is 1. The lowest BCUT2D eigenvalue weighted by Crippen LogP contribution is -2.48. The summed E-state index contributed by atoms with van der Waals surface area (Å²) in [5, 5.41) is 3.09. The predicted octanol–water partition coefficient (Wildman–Crippen LogP) is 3.28. The number of benzene rings is 1. The fraction of sp³-hybridized carbons (Fsp3) is 0.632. The molecule has 0 aliphatic carbocycles. The van der Waals surface area contributed by atoms with Crippen molar-refractivity contribution in [3.05, 3.63) is 23.3 Å². The summed E-state index contributed by atoms with van der Waals surface area (Å²) in [7, 11) is 3.23. The van der Waals surface area contributed by atoms with Gasteiger partial charge in [0.15, 0.2) is 11.5 Å². The highest BCUT2D eigenvalue weighted by Crippen LogP contribution is 2.33. The standard InChI is InChI=1S/C19H30N2O4/c1-6-25-15-8-7-9-21(12-15)19(22)20-14(3)16-11-18(24-5)17(23-4)10-13(16)2/h10-11,14-15H,6-9,12H2,1-5H3,(H,20,22). The smallest absolute Gasteiger partial charge is 0.317 e. The quantitative estimate of drug-likeness (QED) is 0.855. The van der Waals surface area contributed by atoms with Gasteiger partial charge in [-0.05, 0) is 56.9 Å². The van der Waals surface area contributed by atoms with Crippen LogP contribution < -0.4 is 14.8 Å². The van der Waals surface area contributed by atoms with Crippen LogP contribution in [0.15, 0.2) is 12.1 Å². The zero-order chi connectivity index (χ0) is 18.4. The number of piperidine rings is 1. The van der Waals surface area contributed by atoms with Crippen molar-refractivity contribution in [1.29, 1.82) is 0 Å². The van der Waals surface area contributed by atoms with Crippen molar-refractivity contribution in [3.8, 4) is 11.5 Å². The number of urea groups is 1. The maximum absolute atomic E-state index is 12.6. The van der Waals surface area contributed by atoms with Gasteiger partial charge in [-0.15, -0.1) is 0 Å². The van der Waals surface area contributed by atoms with Crippen molar-refractivity contribution in [1.82, 2.24) is 10.2 Å². The molecule has 0 saturated carbocycles. The minimum atomic E-state index is -0.125. The summed E-state index contributed by atoms with van der Waals surface area (Å²) in [5.41, 5.74) is 2.07. The minimum Gasteiger partial charge on any atom is -0.493 e. The summed E-state index contributed by atoms with van der Waals surface area (Å²) in [6, 6.07) is 3.69. The number of ether oxygens (including phenoxy) is 3. The molecule has 1 fully saturated rings. The molecule has 2 unspecified atom stereocenters. The van der Waals surface area contributed by atoms with Crippen molar-refractivity contribution >= 4 is 6.03 Å². The van der Waals surface area contributed by atoms with Gasteiger partial charge in [0.05, 0.1) is 26.4 Å². The van der Waals surface area contributed by atoms with Gasteiger partial charge in [-0.1, -0.05) is 0 Å². The molecule has 0 radical (unpaired) electrons. The van der Waals surface area contributed by atoms with E-state index in [-0.39, 0.29) is 18.2 Å². The molecule has 140 valence electrons. The van der Waals surface area contributed by atoms with Crippen LogP contribution in [0.1, 0.15) is 43.9 Å². The summed E-state index contributed by atoms with van der Waals surface area (Å²) < 4.78 is 16.4. The molecule has 2 amide bonds. The van der Waals surface area contributed by atoms with Gasteiger partial charge in [0.2, 0.25) is 0 Å². The number of hydrogen-bond donors (Lipinski definition) is 1. The third-order valence-corrected chi connectivity index (χ3v) is 4.65. The van der Waals surface area contributed by atoms with Gasteiger partial charge < -0.3 is 24.4 Å². The van der Waals surface area contributed by atoms with Gasteiger partial charge in [0.25, 0.3) is 0 Å². The molecule has 6 heteroatoms. The Morgan fingerprint density at radius 2 is 2.00 bits per heavy atom. The van der Waals surface area contributed by atoms with E-state index in [0.717, 1.165) is 30.5 Å². The number of methoxy groups -OCH3 is 2. The third-order valence-electron chi connectivity index (χ3n) is 4.65. The summed E-state index contributed by atoms with van der Waals surface area (Å²) in [5.74, 6) is 1.36. The Hall–Kier alpha value is -1.95. The molecular weight excluding hydrogens is 320 g/mol.